The maximum Gasteiger partial charge on any atom is 0.126 e. The molecular weight excluding hydrogens is 304 g/mol. The van der Waals surface area contributed by atoms with E-state index in [1.54, 1.807) is 17.6 Å². The summed E-state index contributed by atoms with van der Waals surface area (Å²) < 4.78 is 6.41. The predicted octanol–water partition coefficient (Wildman–Crippen LogP) is 4.16. The van der Waals surface area contributed by atoms with Gasteiger partial charge >= 0.3 is 0 Å². The van der Waals surface area contributed by atoms with Gasteiger partial charge in [-0.2, -0.15) is 0 Å². The van der Waals surface area contributed by atoms with Crippen LogP contribution in [-0.2, 0) is 0 Å². The van der Waals surface area contributed by atoms with Gasteiger partial charge in [0.05, 0.1) is 10.6 Å². The molecule has 2 aromatic heterocycles. The molecule has 21 heavy (non-hydrogen) atoms. The molecule has 0 aliphatic heterocycles. The van der Waals surface area contributed by atoms with E-state index < -0.39 is 0 Å². The van der Waals surface area contributed by atoms with E-state index in [1.807, 2.05) is 18.2 Å². The van der Waals surface area contributed by atoms with Crippen LogP contribution in [0.15, 0.2) is 34.9 Å². The Labute approximate surface area is 134 Å². The van der Waals surface area contributed by atoms with Crippen LogP contribution in [-0.4, -0.2) is 30.6 Å². The minimum atomic E-state index is 0.0930. The lowest BCUT2D eigenvalue weighted by Gasteiger charge is -2.22. The Bertz CT molecular complexity index is 550. The molecule has 1 aliphatic rings. The number of hydrogen-bond donors (Lipinski definition) is 1. The van der Waals surface area contributed by atoms with Gasteiger partial charge in [-0.25, -0.2) is 0 Å². The standard InChI is InChI=1S/C16H21ClN2OS/c1-2-19(12-5-6-12)10-9-18-16(13-4-3-11-20-13)14-7-8-15(17)21-14/h3-4,7-8,11-12,16,18H,2,5-6,9-10H2,1H3. The largest absolute Gasteiger partial charge is 0.467 e. The van der Waals surface area contributed by atoms with Crippen LogP contribution >= 0.6 is 22.9 Å². The highest BCUT2D eigenvalue weighted by Gasteiger charge is 2.27. The summed E-state index contributed by atoms with van der Waals surface area (Å²) in [6, 6.07) is 8.88. The molecule has 1 unspecified atom stereocenters. The number of thiophene rings is 1. The molecule has 0 aromatic carbocycles. The molecule has 2 heterocycles. The summed E-state index contributed by atoms with van der Waals surface area (Å²) in [6.45, 7) is 5.40. The molecule has 114 valence electrons. The summed E-state index contributed by atoms with van der Waals surface area (Å²) in [6.07, 6.45) is 4.44. The van der Waals surface area contributed by atoms with Gasteiger partial charge in [0.25, 0.3) is 0 Å². The second kappa shape index (κ2) is 6.97. The number of furan rings is 1. The summed E-state index contributed by atoms with van der Waals surface area (Å²) in [7, 11) is 0. The quantitative estimate of drug-likeness (QED) is 0.790. The van der Waals surface area contributed by atoms with Crippen LogP contribution in [0, 0.1) is 0 Å². The van der Waals surface area contributed by atoms with Crippen molar-refractivity contribution in [2.75, 3.05) is 19.6 Å². The minimum Gasteiger partial charge on any atom is -0.467 e. The van der Waals surface area contributed by atoms with E-state index in [9.17, 15) is 0 Å². The van der Waals surface area contributed by atoms with Crippen molar-refractivity contribution < 1.29 is 4.42 Å². The molecule has 1 N–H and O–H groups in total. The predicted molar refractivity (Wildman–Crippen MR) is 88.2 cm³/mol. The molecule has 1 aliphatic carbocycles. The molecule has 1 fully saturated rings. The molecule has 5 heteroatoms. The van der Waals surface area contributed by atoms with Crippen molar-refractivity contribution in [3.63, 3.8) is 0 Å². The highest BCUT2D eigenvalue weighted by Crippen LogP contribution is 2.31. The van der Waals surface area contributed by atoms with Gasteiger partial charge < -0.3 is 9.73 Å². The Morgan fingerprint density at radius 3 is 2.86 bits per heavy atom. The van der Waals surface area contributed by atoms with Gasteiger partial charge in [-0.05, 0) is 43.7 Å². The van der Waals surface area contributed by atoms with Crippen molar-refractivity contribution in [3.05, 3.63) is 45.5 Å². The lowest BCUT2D eigenvalue weighted by Crippen LogP contribution is -2.35. The van der Waals surface area contributed by atoms with E-state index in [0.29, 0.717) is 0 Å². The van der Waals surface area contributed by atoms with Crippen molar-refractivity contribution in [3.8, 4) is 0 Å². The minimum absolute atomic E-state index is 0.0930. The van der Waals surface area contributed by atoms with Gasteiger partial charge in [0.2, 0.25) is 0 Å². The Morgan fingerprint density at radius 2 is 2.29 bits per heavy atom. The fourth-order valence-electron chi connectivity index (χ4n) is 2.67. The third-order valence-electron chi connectivity index (χ3n) is 3.92. The number of rotatable bonds is 8. The molecule has 0 bridgehead atoms. The molecule has 3 nitrogen and oxygen atoms in total. The zero-order valence-corrected chi connectivity index (χ0v) is 13.8. The Hall–Kier alpha value is -0.810. The van der Waals surface area contributed by atoms with E-state index in [-0.39, 0.29) is 6.04 Å². The SMILES string of the molecule is CCN(CCNC(c1ccco1)c1ccc(Cl)s1)C1CC1. The number of hydrogen-bond acceptors (Lipinski definition) is 4. The van der Waals surface area contributed by atoms with Crippen LogP contribution in [0.3, 0.4) is 0 Å². The van der Waals surface area contributed by atoms with Gasteiger partial charge in [-0.1, -0.05) is 18.5 Å². The molecule has 0 radical (unpaired) electrons. The molecule has 0 spiro atoms. The molecule has 0 amide bonds. The second-order valence-electron chi connectivity index (χ2n) is 5.40. The number of likely N-dealkylation sites (N-methyl/N-ethyl adjacent to an activating group) is 1. The van der Waals surface area contributed by atoms with E-state index >= 15 is 0 Å². The highest BCUT2D eigenvalue weighted by atomic mass is 35.5. The monoisotopic (exact) mass is 324 g/mol. The summed E-state index contributed by atoms with van der Waals surface area (Å²) in [5.74, 6) is 0.947. The first-order chi connectivity index (χ1) is 10.3. The van der Waals surface area contributed by atoms with Gasteiger partial charge in [0.15, 0.2) is 0 Å². The fourth-order valence-corrected chi connectivity index (χ4v) is 3.82. The molecular formula is C16H21ClN2OS. The van der Waals surface area contributed by atoms with Gasteiger partial charge in [0, 0.05) is 24.0 Å². The Morgan fingerprint density at radius 1 is 1.43 bits per heavy atom. The van der Waals surface area contributed by atoms with Crippen LogP contribution in [0.1, 0.15) is 36.4 Å². The fraction of sp³-hybridized carbons (Fsp3) is 0.500. The third-order valence-corrected chi connectivity index (χ3v) is 5.22. The van der Waals surface area contributed by atoms with Crippen molar-refractivity contribution in [2.45, 2.75) is 31.8 Å². The van der Waals surface area contributed by atoms with Crippen molar-refractivity contribution in [1.82, 2.24) is 10.2 Å². The normalized spacial score (nSPS) is 16.5. The van der Waals surface area contributed by atoms with E-state index in [1.165, 1.54) is 17.7 Å². The third kappa shape index (κ3) is 3.89. The maximum atomic E-state index is 6.07. The lowest BCUT2D eigenvalue weighted by atomic mass is 10.2. The smallest absolute Gasteiger partial charge is 0.126 e. The Kier molecular flexibility index (Phi) is 5.01. The summed E-state index contributed by atoms with van der Waals surface area (Å²) in [5.41, 5.74) is 0. The van der Waals surface area contributed by atoms with Crippen molar-refractivity contribution in [1.29, 1.82) is 0 Å². The van der Waals surface area contributed by atoms with Gasteiger partial charge in [-0.15, -0.1) is 11.3 Å². The summed E-state index contributed by atoms with van der Waals surface area (Å²) in [5, 5.41) is 3.62. The number of halogens is 1. The number of nitrogens with one attached hydrogen (secondary N) is 1. The first kappa shape index (κ1) is 15.1. The first-order valence-corrected chi connectivity index (χ1v) is 8.73. The summed E-state index contributed by atoms with van der Waals surface area (Å²) in [4.78, 5) is 3.75. The number of nitrogens with zero attached hydrogens (tertiary/aromatic N) is 1. The second-order valence-corrected chi connectivity index (χ2v) is 7.15. The average molecular weight is 325 g/mol. The zero-order valence-electron chi connectivity index (χ0n) is 12.2. The van der Waals surface area contributed by atoms with Crippen LogP contribution in [0.25, 0.3) is 0 Å². The van der Waals surface area contributed by atoms with Gasteiger partial charge in [-0.3, -0.25) is 4.90 Å². The topological polar surface area (TPSA) is 28.4 Å². The van der Waals surface area contributed by atoms with Crippen LogP contribution in [0.4, 0.5) is 0 Å². The first-order valence-electron chi connectivity index (χ1n) is 7.54. The highest BCUT2D eigenvalue weighted by molar-refractivity contribution is 7.16. The zero-order chi connectivity index (χ0) is 14.7. The molecule has 0 saturated heterocycles. The van der Waals surface area contributed by atoms with E-state index in [4.69, 9.17) is 16.0 Å². The van der Waals surface area contributed by atoms with Crippen molar-refractivity contribution >= 4 is 22.9 Å². The van der Waals surface area contributed by atoms with Crippen LogP contribution in [0.5, 0.6) is 0 Å². The molecule has 1 atom stereocenters. The lowest BCUT2D eigenvalue weighted by molar-refractivity contribution is 0.272. The average Bonchev–Trinajstić information content (AvgIpc) is 3.00. The maximum absolute atomic E-state index is 6.07. The molecule has 1 saturated carbocycles. The van der Waals surface area contributed by atoms with Crippen molar-refractivity contribution in [2.24, 2.45) is 0 Å². The summed E-state index contributed by atoms with van der Waals surface area (Å²) >= 11 is 7.68. The Balaban J connectivity index is 1.62. The van der Waals surface area contributed by atoms with Crippen LogP contribution in [0.2, 0.25) is 4.34 Å². The molecule has 3 rings (SSSR count). The van der Waals surface area contributed by atoms with Gasteiger partial charge in [0.1, 0.15) is 11.8 Å². The van der Waals surface area contributed by atoms with E-state index in [0.717, 1.165) is 35.8 Å². The molecule has 2 aromatic rings. The van der Waals surface area contributed by atoms with E-state index in [2.05, 4.69) is 23.2 Å². The van der Waals surface area contributed by atoms with Crippen LogP contribution < -0.4 is 5.32 Å².